The van der Waals surface area contributed by atoms with E-state index < -0.39 is 0 Å². The van der Waals surface area contributed by atoms with E-state index >= 15 is 0 Å². The number of carbonyl (C=O) groups excluding carboxylic acids is 1. The molecule has 1 fully saturated rings. The third kappa shape index (κ3) is 3.53. The molecule has 0 amide bonds. The number of piperidine rings is 1. The summed E-state index contributed by atoms with van der Waals surface area (Å²) in [5.41, 5.74) is 0. The first-order chi connectivity index (χ1) is 6.36. The fraction of sp³-hybridized carbons (Fsp3) is 0.700. The molecule has 1 saturated heterocycles. The van der Waals surface area contributed by atoms with Crippen molar-refractivity contribution in [1.82, 2.24) is 4.90 Å². The van der Waals surface area contributed by atoms with Gasteiger partial charge in [0, 0.05) is 6.20 Å². The van der Waals surface area contributed by atoms with E-state index in [0.29, 0.717) is 5.92 Å². The molecule has 1 aliphatic heterocycles. The van der Waals surface area contributed by atoms with Crippen LogP contribution in [0.15, 0.2) is 17.3 Å². The second-order valence-corrected chi connectivity index (χ2v) is 3.33. The van der Waals surface area contributed by atoms with Crippen LogP contribution in [0, 0.1) is 5.92 Å². The smallest absolute Gasteiger partial charge is 0.239 e. The lowest BCUT2D eigenvalue weighted by Gasteiger charge is -2.29. The average molecular weight is 180 g/mol. The molecule has 0 saturated carbocycles. The molecule has 0 aliphatic carbocycles. The second kappa shape index (κ2) is 5.68. The van der Waals surface area contributed by atoms with Crippen LogP contribution >= 0.6 is 0 Å². The largest absolute Gasteiger partial charge is 0.304 e. The molecule has 3 nitrogen and oxygen atoms in total. The maximum atomic E-state index is 9.79. The summed E-state index contributed by atoms with van der Waals surface area (Å²) in [6.45, 7) is 5.66. The van der Waals surface area contributed by atoms with Crippen molar-refractivity contribution >= 4 is 6.08 Å². The molecule has 13 heavy (non-hydrogen) atoms. The Morgan fingerprint density at radius 2 is 2.23 bits per heavy atom. The molecule has 0 aromatic carbocycles. The molecule has 0 radical (unpaired) electrons. The maximum Gasteiger partial charge on any atom is 0.239 e. The Morgan fingerprint density at radius 3 is 2.77 bits per heavy atom. The van der Waals surface area contributed by atoms with Crippen molar-refractivity contribution in [1.29, 1.82) is 0 Å². The number of aliphatic imine (C=N–C) groups is 1. The van der Waals surface area contributed by atoms with Crippen molar-refractivity contribution in [2.45, 2.75) is 19.8 Å². The molecule has 0 N–H and O–H groups in total. The Bertz CT molecular complexity index is 211. The standard InChI is InChI=1S/C10H16N2O/c1-2-12-7-4-10(5-8-12)3-6-11-9-13/h3,6,10H,2,4-5,7-8H2,1H3/b6-3-. The van der Waals surface area contributed by atoms with E-state index in [0.717, 1.165) is 19.6 Å². The van der Waals surface area contributed by atoms with Crippen molar-refractivity contribution in [3.63, 3.8) is 0 Å². The molecule has 1 rings (SSSR count). The molecule has 1 heterocycles. The lowest BCUT2D eigenvalue weighted by Crippen LogP contribution is -2.32. The van der Waals surface area contributed by atoms with Gasteiger partial charge in [0.2, 0.25) is 6.08 Å². The van der Waals surface area contributed by atoms with Crippen LogP contribution in [0.5, 0.6) is 0 Å². The Morgan fingerprint density at radius 1 is 1.54 bits per heavy atom. The number of likely N-dealkylation sites (tertiary alicyclic amines) is 1. The number of allylic oxidation sites excluding steroid dienone is 1. The van der Waals surface area contributed by atoms with Crippen LogP contribution < -0.4 is 0 Å². The van der Waals surface area contributed by atoms with Crippen LogP contribution in [0.1, 0.15) is 19.8 Å². The highest BCUT2D eigenvalue weighted by Crippen LogP contribution is 2.17. The van der Waals surface area contributed by atoms with E-state index in [4.69, 9.17) is 0 Å². The molecule has 1 aliphatic rings. The Hall–Kier alpha value is -0.920. The topological polar surface area (TPSA) is 32.7 Å². The Kier molecular flexibility index (Phi) is 4.44. The summed E-state index contributed by atoms with van der Waals surface area (Å²) in [6, 6.07) is 0. The van der Waals surface area contributed by atoms with Crippen LogP contribution in [-0.4, -0.2) is 30.6 Å². The first-order valence-electron chi connectivity index (χ1n) is 4.82. The van der Waals surface area contributed by atoms with Gasteiger partial charge in [0.25, 0.3) is 0 Å². The molecule has 0 aromatic rings. The quantitative estimate of drug-likeness (QED) is 0.488. The Labute approximate surface area is 79.1 Å². The summed E-state index contributed by atoms with van der Waals surface area (Å²) in [4.78, 5) is 15.6. The van der Waals surface area contributed by atoms with E-state index in [2.05, 4.69) is 16.8 Å². The van der Waals surface area contributed by atoms with Gasteiger partial charge in [-0.1, -0.05) is 13.0 Å². The minimum absolute atomic E-state index is 0.597. The minimum atomic E-state index is 0.597. The van der Waals surface area contributed by atoms with E-state index in [1.165, 1.54) is 18.9 Å². The first-order valence-corrected chi connectivity index (χ1v) is 4.82. The highest BCUT2D eigenvalue weighted by Gasteiger charge is 2.14. The SMILES string of the molecule is CCN1CCC(/C=C\N=C=O)CC1. The fourth-order valence-corrected chi connectivity index (χ4v) is 1.66. The molecule has 0 spiro atoms. The summed E-state index contributed by atoms with van der Waals surface area (Å²) in [5.74, 6) is 0.597. The normalized spacial score (nSPS) is 20.4. The summed E-state index contributed by atoms with van der Waals surface area (Å²) >= 11 is 0. The van der Waals surface area contributed by atoms with Crippen LogP contribution in [0.2, 0.25) is 0 Å². The van der Waals surface area contributed by atoms with E-state index in [-0.39, 0.29) is 0 Å². The molecular weight excluding hydrogens is 164 g/mol. The zero-order valence-electron chi connectivity index (χ0n) is 8.07. The molecule has 3 heteroatoms. The van der Waals surface area contributed by atoms with Crippen LogP contribution in [0.4, 0.5) is 0 Å². The van der Waals surface area contributed by atoms with Gasteiger partial charge in [0.15, 0.2) is 0 Å². The number of hydrogen-bond acceptors (Lipinski definition) is 3. The predicted octanol–water partition coefficient (Wildman–Crippen LogP) is 1.57. The first kappa shape index (κ1) is 10.2. The summed E-state index contributed by atoms with van der Waals surface area (Å²) in [7, 11) is 0. The number of nitrogens with zero attached hydrogens (tertiary/aromatic N) is 2. The third-order valence-corrected chi connectivity index (χ3v) is 2.56. The van der Waals surface area contributed by atoms with Gasteiger partial charge in [-0.05, 0) is 38.4 Å². The second-order valence-electron chi connectivity index (χ2n) is 3.33. The third-order valence-electron chi connectivity index (χ3n) is 2.56. The molecule has 0 atom stereocenters. The van der Waals surface area contributed by atoms with E-state index in [1.54, 1.807) is 6.20 Å². The molecule has 0 unspecified atom stereocenters. The predicted molar refractivity (Wildman–Crippen MR) is 52.1 cm³/mol. The van der Waals surface area contributed by atoms with Crippen LogP contribution in [0.25, 0.3) is 0 Å². The number of rotatable bonds is 3. The molecular formula is C10H16N2O. The fourth-order valence-electron chi connectivity index (χ4n) is 1.66. The maximum absolute atomic E-state index is 9.79. The van der Waals surface area contributed by atoms with Crippen molar-refractivity contribution < 1.29 is 4.79 Å². The van der Waals surface area contributed by atoms with Crippen molar-refractivity contribution in [2.75, 3.05) is 19.6 Å². The summed E-state index contributed by atoms with van der Waals surface area (Å²) < 4.78 is 0. The highest BCUT2D eigenvalue weighted by atomic mass is 16.1. The number of isocyanates is 1. The van der Waals surface area contributed by atoms with Gasteiger partial charge in [-0.2, -0.15) is 4.99 Å². The van der Waals surface area contributed by atoms with Gasteiger partial charge in [0.05, 0.1) is 0 Å². The lowest BCUT2D eigenvalue weighted by molar-refractivity contribution is 0.212. The van der Waals surface area contributed by atoms with Crippen molar-refractivity contribution in [2.24, 2.45) is 10.9 Å². The molecule has 0 aromatic heterocycles. The minimum Gasteiger partial charge on any atom is -0.304 e. The van der Waals surface area contributed by atoms with Crippen molar-refractivity contribution in [3.05, 3.63) is 12.3 Å². The average Bonchev–Trinajstić information content (AvgIpc) is 2.19. The highest BCUT2D eigenvalue weighted by molar-refractivity contribution is 5.34. The van der Waals surface area contributed by atoms with Crippen LogP contribution in [0.3, 0.4) is 0 Å². The summed E-state index contributed by atoms with van der Waals surface area (Å²) in [5, 5.41) is 0. The van der Waals surface area contributed by atoms with Gasteiger partial charge in [0.1, 0.15) is 0 Å². The van der Waals surface area contributed by atoms with Gasteiger partial charge >= 0.3 is 0 Å². The zero-order valence-corrected chi connectivity index (χ0v) is 8.07. The summed E-state index contributed by atoms with van der Waals surface area (Å²) in [6.07, 6.45) is 7.44. The zero-order chi connectivity index (χ0) is 9.52. The van der Waals surface area contributed by atoms with Gasteiger partial charge in [-0.25, -0.2) is 4.79 Å². The van der Waals surface area contributed by atoms with Gasteiger partial charge in [-0.3, -0.25) is 0 Å². The van der Waals surface area contributed by atoms with E-state index in [1.807, 2.05) is 6.08 Å². The lowest BCUT2D eigenvalue weighted by atomic mass is 9.97. The van der Waals surface area contributed by atoms with E-state index in [9.17, 15) is 4.79 Å². The van der Waals surface area contributed by atoms with Crippen molar-refractivity contribution in [3.8, 4) is 0 Å². The van der Waals surface area contributed by atoms with Gasteiger partial charge in [-0.15, -0.1) is 0 Å². The molecule has 72 valence electrons. The van der Waals surface area contributed by atoms with Gasteiger partial charge < -0.3 is 4.90 Å². The van der Waals surface area contributed by atoms with Crippen LogP contribution in [-0.2, 0) is 4.79 Å². The molecule has 0 bridgehead atoms. The Balaban J connectivity index is 2.28. The monoisotopic (exact) mass is 180 g/mol. The number of hydrogen-bond donors (Lipinski definition) is 0.